The summed E-state index contributed by atoms with van der Waals surface area (Å²) in [6, 6.07) is 3.62. The SMILES string of the molecule is O=C(O)C(CF)NC(=O)C1CC1c1ccc(Cl)c(Cl)c1. The van der Waals surface area contributed by atoms with Crippen LogP contribution in [0.15, 0.2) is 18.2 Å². The number of nitrogens with one attached hydrogen (secondary N) is 1. The Balaban J connectivity index is 1.98. The van der Waals surface area contributed by atoms with Gasteiger partial charge in [0.2, 0.25) is 5.91 Å². The molecule has 3 atom stereocenters. The quantitative estimate of drug-likeness (QED) is 0.876. The van der Waals surface area contributed by atoms with E-state index in [0.717, 1.165) is 5.56 Å². The fourth-order valence-electron chi connectivity index (χ4n) is 2.04. The molecular formula is C13H12Cl2FNO3. The predicted molar refractivity (Wildman–Crippen MR) is 72.9 cm³/mol. The van der Waals surface area contributed by atoms with Crippen LogP contribution < -0.4 is 5.32 Å². The molecule has 0 aromatic heterocycles. The average molecular weight is 320 g/mol. The van der Waals surface area contributed by atoms with Crippen molar-refractivity contribution in [2.45, 2.75) is 18.4 Å². The third-order valence-corrected chi connectivity index (χ3v) is 4.01. The molecule has 0 radical (unpaired) electrons. The number of halogens is 3. The van der Waals surface area contributed by atoms with Crippen molar-refractivity contribution in [2.24, 2.45) is 5.92 Å². The lowest BCUT2D eigenvalue weighted by atomic mass is 10.1. The fourth-order valence-corrected chi connectivity index (χ4v) is 2.35. The van der Waals surface area contributed by atoms with Crippen LogP contribution in [0.1, 0.15) is 17.9 Å². The molecule has 1 aromatic carbocycles. The Kier molecular flexibility index (Phi) is 4.50. The molecule has 1 aliphatic rings. The second kappa shape index (κ2) is 5.97. The van der Waals surface area contributed by atoms with Gasteiger partial charge in [-0.15, -0.1) is 0 Å². The van der Waals surface area contributed by atoms with Crippen molar-refractivity contribution >= 4 is 35.1 Å². The highest BCUT2D eigenvalue weighted by atomic mass is 35.5. The van der Waals surface area contributed by atoms with Gasteiger partial charge in [0.1, 0.15) is 6.67 Å². The summed E-state index contributed by atoms with van der Waals surface area (Å²) in [5.41, 5.74) is 0.867. The number of alkyl halides is 1. The van der Waals surface area contributed by atoms with E-state index in [1.54, 1.807) is 18.2 Å². The Morgan fingerprint density at radius 2 is 2.10 bits per heavy atom. The summed E-state index contributed by atoms with van der Waals surface area (Å²) in [6.45, 7) is -1.13. The molecule has 1 amide bonds. The van der Waals surface area contributed by atoms with Crippen LogP contribution in [-0.2, 0) is 9.59 Å². The van der Waals surface area contributed by atoms with Gasteiger partial charge in [-0.3, -0.25) is 4.79 Å². The van der Waals surface area contributed by atoms with E-state index in [1.165, 1.54) is 0 Å². The van der Waals surface area contributed by atoms with Gasteiger partial charge < -0.3 is 10.4 Å². The van der Waals surface area contributed by atoms with Crippen LogP contribution in [0.25, 0.3) is 0 Å². The van der Waals surface area contributed by atoms with Crippen LogP contribution in [0, 0.1) is 5.92 Å². The van der Waals surface area contributed by atoms with Crippen molar-refractivity contribution in [1.82, 2.24) is 5.32 Å². The molecule has 0 aliphatic heterocycles. The lowest BCUT2D eigenvalue weighted by molar-refractivity contribution is -0.142. The average Bonchev–Trinajstić information content (AvgIpc) is 3.19. The van der Waals surface area contributed by atoms with E-state index in [4.69, 9.17) is 28.3 Å². The number of benzene rings is 1. The molecule has 108 valence electrons. The van der Waals surface area contributed by atoms with E-state index in [0.29, 0.717) is 16.5 Å². The first kappa shape index (κ1) is 15.1. The van der Waals surface area contributed by atoms with Crippen LogP contribution in [0.2, 0.25) is 10.0 Å². The van der Waals surface area contributed by atoms with E-state index < -0.39 is 24.6 Å². The lowest BCUT2D eigenvalue weighted by Gasteiger charge is -2.10. The van der Waals surface area contributed by atoms with Gasteiger partial charge in [-0.2, -0.15) is 0 Å². The fraction of sp³-hybridized carbons (Fsp3) is 0.385. The number of aliphatic carboxylic acids is 1. The van der Waals surface area contributed by atoms with Gasteiger partial charge in [0.25, 0.3) is 0 Å². The standard InChI is InChI=1S/C13H12Cl2FNO3/c14-9-2-1-6(3-10(9)15)7-4-8(7)12(18)17-11(5-16)13(19)20/h1-3,7-8,11H,4-5H2,(H,17,18)(H,19,20). The molecule has 20 heavy (non-hydrogen) atoms. The topological polar surface area (TPSA) is 66.4 Å². The maximum atomic E-state index is 12.4. The number of rotatable bonds is 5. The van der Waals surface area contributed by atoms with Gasteiger partial charge in [-0.05, 0) is 30.0 Å². The minimum Gasteiger partial charge on any atom is -0.480 e. The van der Waals surface area contributed by atoms with Crippen molar-refractivity contribution in [3.63, 3.8) is 0 Å². The molecule has 3 unspecified atom stereocenters. The highest BCUT2D eigenvalue weighted by Crippen LogP contribution is 2.48. The number of hydrogen-bond acceptors (Lipinski definition) is 2. The lowest BCUT2D eigenvalue weighted by Crippen LogP contribution is -2.43. The highest BCUT2D eigenvalue weighted by Gasteiger charge is 2.45. The third-order valence-electron chi connectivity index (χ3n) is 3.27. The van der Waals surface area contributed by atoms with Gasteiger partial charge in [0.05, 0.1) is 10.0 Å². The third kappa shape index (κ3) is 3.22. The number of carbonyl (C=O) groups excluding carboxylic acids is 1. The van der Waals surface area contributed by atoms with E-state index in [1.807, 2.05) is 0 Å². The maximum Gasteiger partial charge on any atom is 0.328 e. The van der Waals surface area contributed by atoms with Gasteiger partial charge in [0, 0.05) is 5.92 Å². The molecule has 1 saturated carbocycles. The molecule has 1 fully saturated rings. The molecule has 4 nitrogen and oxygen atoms in total. The zero-order chi connectivity index (χ0) is 14.9. The Morgan fingerprint density at radius 1 is 1.40 bits per heavy atom. The Morgan fingerprint density at radius 3 is 2.65 bits per heavy atom. The molecule has 2 rings (SSSR count). The maximum absolute atomic E-state index is 12.4. The second-order valence-electron chi connectivity index (χ2n) is 4.68. The van der Waals surface area contributed by atoms with Gasteiger partial charge in [-0.1, -0.05) is 29.3 Å². The molecule has 7 heteroatoms. The minimum atomic E-state index is -1.49. The van der Waals surface area contributed by atoms with Crippen LogP contribution in [-0.4, -0.2) is 29.7 Å². The van der Waals surface area contributed by atoms with Gasteiger partial charge >= 0.3 is 5.97 Å². The highest BCUT2D eigenvalue weighted by molar-refractivity contribution is 6.42. The van der Waals surface area contributed by atoms with E-state index in [2.05, 4.69) is 5.32 Å². The largest absolute Gasteiger partial charge is 0.480 e. The Bertz CT molecular complexity index is 552. The summed E-state index contributed by atoms with van der Waals surface area (Å²) < 4.78 is 12.4. The van der Waals surface area contributed by atoms with Crippen LogP contribution in [0.4, 0.5) is 4.39 Å². The molecule has 0 spiro atoms. The van der Waals surface area contributed by atoms with Gasteiger partial charge in [0.15, 0.2) is 6.04 Å². The first-order chi connectivity index (χ1) is 9.43. The smallest absolute Gasteiger partial charge is 0.328 e. The second-order valence-corrected chi connectivity index (χ2v) is 5.49. The normalized spacial score (nSPS) is 22.1. The van der Waals surface area contributed by atoms with E-state index in [-0.39, 0.29) is 11.8 Å². The number of carboxylic acids is 1. The Hall–Kier alpha value is -1.33. The molecule has 0 bridgehead atoms. The zero-order valence-corrected chi connectivity index (χ0v) is 11.8. The molecule has 2 N–H and O–H groups in total. The number of carbonyl (C=O) groups is 2. The monoisotopic (exact) mass is 319 g/mol. The zero-order valence-electron chi connectivity index (χ0n) is 10.3. The summed E-state index contributed by atoms with van der Waals surface area (Å²) in [6.07, 6.45) is 0.586. The van der Waals surface area contributed by atoms with Crippen LogP contribution in [0.5, 0.6) is 0 Å². The summed E-state index contributed by atoms with van der Waals surface area (Å²) in [5.74, 6) is -2.21. The predicted octanol–water partition coefficient (Wildman–Crippen LogP) is 2.64. The van der Waals surface area contributed by atoms with Gasteiger partial charge in [-0.25, -0.2) is 9.18 Å². The van der Waals surface area contributed by atoms with Crippen molar-refractivity contribution in [1.29, 1.82) is 0 Å². The van der Waals surface area contributed by atoms with E-state index >= 15 is 0 Å². The molecule has 0 heterocycles. The summed E-state index contributed by atoms with van der Waals surface area (Å²) >= 11 is 11.7. The van der Waals surface area contributed by atoms with Crippen molar-refractivity contribution in [2.75, 3.05) is 6.67 Å². The molecule has 1 aliphatic carbocycles. The number of amides is 1. The number of hydrogen-bond donors (Lipinski definition) is 2. The number of carboxylic acid groups (broad SMARTS) is 1. The minimum absolute atomic E-state index is 0.0289. The van der Waals surface area contributed by atoms with E-state index in [9.17, 15) is 14.0 Å². The first-order valence-corrected chi connectivity index (χ1v) is 6.73. The van der Waals surface area contributed by atoms with Crippen LogP contribution in [0.3, 0.4) is 0 Å². The molecular weight excluding hydrogens is 308 g/mol. The summed E-state index contributed by atoms with van der Waals surface area (Å²) in [7, 11) is 0. The van der Waals surface area contributed by atoms with Crippen molar-refractivity contribution < 1.29 is 19.1 Å². The first-order valence-electron chi connectivity index (χ1n) is 5.98. The summed E-state index contributed by atoms with van der Waals surface area (Å²) in [4.78, 5) is 22.5. The molecule has 0 saturated heterocycles. The molecule has 1 aromatic rings. The Labute approximate surface area is 124 Å². The summed E-state index contributed by atoms with van der Waals surface area (Å²) in [5, 5.41) is 11.7. The van der Waals surface area contributed by atoms with Crippen molar-refractivity contribution in [3.05, 3.63) is 33.8 Å². The van der Waals surface area contributed by atoms with Crippen molar-refractivity contribution in [3.8, 4) is 0 Å². The van der Waals surface area contributed by atoms with Crippen LogP contribution >= 0.6 is 23.2 Å².